The molecule has 1 aliphatic heterocycles. The molecule has 6 nitrogen and oxygen atoms in total. The molecule has 0 spiro atoms. The van der Waals surface area contributed by atoms with Crippen molar-refractivity contribution in [2.45, 2.75) is 12.8 Å². The van der Waals surface area contributed by atoms with E-state index < -0.39 is 0 Å². The number of anilines is 1. The minimum atomic E-state index is -0.332. The molecule has 152 valence electrons. The van der Waals surface area contributed by atoms with E-state index >= 15 is 0 Å². The monoisotopic (exact) mass is 422 g/mol. The molecule has 3 aromatic rings. The summed E-state index contributed by atoms with van der Waals surface area (Å²) in [6.07, 6.45) is 0.475. The van der Waals surface area contributed by atoms with Gasteiger partial charge in [-0.25, -0.2) is 0 Å². The van der Waals surface area contributed by atoms with Crippen LogP contribution in [0.1, 0.15) is 33.6 Å². The summed E-state index contributed by atoms with van der Waals surface area (Å²) >= 11 is 5.98. The number of methoxy groups -OCH3 is 1. The van der Waals surface area contributed by atoms with Crippen molar-refractivity contribution < 1.29 is 19.1 Å². The Morgan fingerprint density at radius 2 is 1.70 bits per heavy atom. The molecule has 1 aliphatic rings. The van der Waals surface area contributed by atoms with Crippen molar-refractivity contribution in [1.82, 2.24) is 4.90 Å². The van der Waals surface area contributed by atoms with Gasteiger partial charge in [0.2, 0.25) is 5.91 Å². The van der Waals surface area contributed by atoms with Crippen molar-refractivity contribution in [2.24, 2.45) is 0 Å². The standard InChI is InChI=1S/C23H19ClN2O4/c1-30-19-11-10-15(24)13-18(19)25-20(27)9-4-12-26-22(28)16-7-2-5-14-6-3-8-17(21(14)16)23(26)29/h2-3,5-8,10-11,13H,4,9,12H2,1H3,(H,25,27). The molecule has 0 fully saturated rings. The van der Waals surface area contributed by atoms with Gasteiger partial charge in [0, 0.05) is 34.5 Å². The van der Waals surface area contributed by atoms with Crippen LogP contribution in [0.25, 0.3) is 10.8 Å². The summed E-state index contributed by atoms with van der Waals surface area (Å²) in [7, 11) is 1.50. The predicted octanol–water partition coefficient (Wildman–Crippen LogP) is 4.52. The first kappa shape index (κ1) is 19.9. The van der Waals surface area contributed by atoms with Gasteiger partial charge in [-0.3, -0.25) is 19.3 Å². The highest BCUT2D eigenvalue weighted by molar-refractivity contribution is 6.31. The normalized spacial score (nSPS) is 12.9. The van der Waals surface area contributed by atoms with E-state index in [0.717, 1.165) is 5.39 Å². The number of hydrogen-bond acceptors (Lipinski definition) is 4. The second kappa shape index (κ2) is 8.16. The largest absolute Gasteiger partial charge is 0.495 e. The number of amides is 3. The fourth-order valence-corrected chi connectivity index (χ4v) is 3.84. The Morgan fingerprint density at radius 1 is 1.03 bits per heavy atom. The highest BCUT2D eigenvalue weighted by Gasteiger charge is 2.32. The number of nitrogens with one attached hydrogen (secondary N) is 1. The Balaban J connectivity index is 1.44. The zero-order chi connectivity index (χ0) is 21.3. The summed E-state index contributed by atoms with van der Waals surface area (Å²) in [6, 6.07) is 15.8. The first-order valence-electron chi connectivity index (χ1n) is 9.51. The van der Waals surface area contributed by atoms with Gasteiger partial charge in [-0.1, -0.05) is 35.9 Å². The van der Waals surface area contributed by atoms with Crippen molar-refractivity contribution >= 4 is 45.8 Å². The van der Waals surface area contributed by atoms with Gasteiger partial charge in [0.25, 0.3) is 11.8 Å². The number of nitrogens with zero attached hydrogens (tertiary/aromatic N) is 1. The van der Waals surface area contributed by atoms with Crippen LogP contribution in [-0.2, 0) is 4.79 Å². The van der Waals surface area contributed by atoms with E-state index in [1.54, 1.807) is 42.5 Å². The van der Waals surface area contributed by atoms with Crippen LogP contribution in [-0.4, -0.2) is 36.3 Å². The number of rotatable bonds is 6. The number of hydrogen-bond donors (Lipinski definition) is 1. The zero-order valence-electron chi connectivity index (χ0n) is 16.3. The Kier molecular flexibility index (Phi) is 5.42. The fraction of sp³-hybridized carbons (Fsp3) is 0.174. The number of benzene rings is 3. The van der Waals surface area contributed by atoms with E-state index in [1.165, 1.54) is 12.0 Å². The van der Waals surface area contributed by atoms with E-state index in [0.29, 0.717) is 39.4 Å². The lowest BCUT2D eigenvalue weighted by Gasteiger charge is -2.27. The van der Waals surface area contributed by atoms with Crippen LogP contribution in [0.4, 0.5) is 5.69 Å². The molecule has 3 amide bonds. The molecule has 1 heterocycles. The van der Waals surface area contributed by atoms with Gasteiger partial charge in [-0.2, -0.15) is 0 Å². The molecular weight excluding hydrogens is 404 g/mol. The molecule has 0 atom stereocenters. The van der Waals surface area contributed by atoms with Crippen molar-refractivity contribution in [2.75, 3.05) is 19.0 Å². The quantitative estimate of drug-likeness (QED) is 0.593. The lowest BCUT2D eigenvalue weighted by Crippen LogP contribution is -2.41. The first-order chi connectivity index (χ1) is 14.5. The Bertz CT molecular complexity index is 1120. The third kappa shape index (κ3) is 3.62. The average molecular weight is 423 g/mol. The lowest BCUT2D eigenvalue weighted by molar-refractivity contribution is -0.116. The molecule has 3 aromatic carbocycles. The summed E-state index contributed by atoms with van der Waals surface area (Å²) in [5.41, 5.74) is 1.49. The summed E-state index contributed by atoms with van der Waals surface area (Å²) in [5.74, 6) is -0.420. The molecule has 1 N–H and O–H groups in total. The molecule has 0 aromatic heterocycles. The van der Waals surface area contributed by atoms with Gasteiger partial charge < -0.3 is 10.1 Å². The van der Waals surface area contributed by atoms with Crippen molar-refractivity contribution in [3.05, 3.63) is 70.7 Å². The van der Waals surface area contributed by atoms with Crippen molar-refractivity contribution in [3.8, 4) is 5.75 Å². The van der Waals surface area contributed by atoms with Gasteiger partial charge in [0.15, 0.2) is 0 Å². The van der Waals surface area contributed by atoms with Gasteiger partial charge in [-0.05, 0) is 42.1 Å². The number of ether oxygens (including phenoxy) is 1. The van der Waals surface area contributed by atoms with E-state index in [1.807, 2.05) is 12.1 Å². The molecule has 30 heavy (non-hydrogen) atoms. The maximum absolute atomic E-state index is 12.9. The summed E-state index contributed by atoms with van der Waals surface area (Å²) in [4.78, 5) is 39.3. The lowest BCUT2D eigenvalue weighted by atomic mass is 9.94. The number of carbonyl (C=O) groups excluding carboxylic acids is 3. The predicted molar refractivity (Wildman–Crippen MR) is 115 cm³/mol. The summed E-state index contributed by atoms with van der Waals surface area (Å²) < 4.78 is 5.22. The van der Waals surface area contributed by atoms with Crippen molar-refractivity contribution in [1.29, 1.82) is 0 Å². The Morgan fingerprint density at radius 3 is 2.33 bits per heavy atom. The van der Waals surface area contributed by atoms with Gasteiger partial charge in [0.1, 0.15) is 5.75 Å². The molecule has 0 saturated carbocycles. The highest BCUT2D eigenvalue weighted by atomic mass is 35.5. The minimum Gasteiger partial charge on any atom is -0.495 e. The smallest absolute Gasteiger partial charge is 0.261 e. The molecule has 0 aliphatic carbocycles. The minimum absolute atomic E-state index is 0.137. The molecule has 0 saturated heterocycles. The van der Waals surface area contributed by atoms with E-state index in [2.05, 4.69) is 5.32 Å². The van der Waals surface area contributed by atoms with Crippen LogP contribution in [0.2, 0.25) is 5.02 Å². The third-order valence-electron chi connectivity index (χ3n) is 5.08. The van der Waals surface area contributed by atoms with Crippen LogP contribution >= 0.6 is 11.6 Å². The molecule has 0 radical (unpaired) electrons. The zero-order valence-corrected chi connectivity index (χ0v) is 17.0. The van der Waals surface area contributed by atoms with Gasteiger partial charge in [0.05, 0.1) is 12.8 Å². The van der Waals surface area contributed by atoms with Crippen LogP contribution in [0.3, 0.4) is 0 Å². The van der Waals surface area contributed by atoms with E-state index in [4.69, 9.17) is 16.3 Å². The van der Waals surface area contributed by atoms with Crippen LogP contribution in [0.5, 0.6) is 5.75 Å². The van der Waals surface area contributed by atoms with E-state index in [-0.39, 0.29) is 30.7 Å². The van der Waals surface area contributed by atoms with E-state index in [9.17, 15) is 14.4 Å². The maximum atomic E-state index is 12.9. The summed E-state index contributed by atoms with van der Waals surface area (Å²) in [5, 5.41) is 4.79. The van der Waals surface area contributed by atoms with Crippen molar-refractivity contribution in [3.63, 3.8) is 0 Å². The summed E-state index contributed by atoms with van der Waals surface area (Å²) in [6.45, 7) is 0.155. The van der Waals surface area contributed by atoms with Gasteiger partial charge in [-0.15, -0.1) is 0 Å². The molecule has 0 unspecified atom stereocenters. The SMILES string of the molecule is COc1ccc(Cl)cc1NC(=O)CCCN1C(=O)c2cccc3cccc(c23)C1=O. The van der Waals surface area contributed by atoms with Gasteiger partial charge >= 0.3 is 0 Å². The molecule has 0 bridgehead atoms. The molecule has 7 heteroatoms. The number of carbonyl (C=O) groups is 3. The van der Waals surface area contributed by atoms with Crippen LogP contribution in [0.15, 0.2) is 54.6 Å². The number of imide groups is 1. The maximum Gasteiger partial charge on any atom is 0.261 e. The topological polar surface area (TPSA) is 75.7 Å². The fourth-order valence-electron chi connectivity index (χ4n) is 3.67. The Labute approximate surface area is 178 Å². The average Bonchev–Trinajstić information content (AvgIpc) is 2.74. The second-order valence-electron chi connectivity index (χ2n) is 6.97. The third-order valence-corrected chi connectivity index (χ3v) is 5.31. The Hall–Kier alpha value is -3.38. The number of halogens is 1. The first-order valence-corrected chi connectivity index (χ1v) is 9.88. The molecule has 4 rings (SSSR count). The van der Waals surface area contributed by atoms with Crippen LogP contribution < -0.4 is 10.1 Å². The molecular formula is C23H19ClN2O4. The van der Waals surface area contributed by atoms with Crippen LogP contribution in [0, 0.1) is 0 Å². The second-order valence-corrected chi connectivity index (χ2v) is 7.40. The highest BCUT2D eigenvalue weighted by Crippen LogP contribution is 2.30.